The molecule has 5 heteroatoms. The molecule has 0 spiro atoms. The van der Waals surface area contributed by atoms with Crippen LogP contribution in [0.25, 0.3) is 10.9 Å². The van der Waals surface area contributed by atoms with E-state index in [0.29, 0.717) is 11.1 Å². The highest BCUT2D eigenvalue weighted by atomic mass is 19.1. The minimum Gasteiger partial charge on any atom is -0.453 e. The van der Waals surface area contributed by atoms with Gasteiger partial charge < -0.3 is 19.4 Å². The van der Waals surface area contributed by atoms with Gasteiger partial charge in [-0.15, -0.1) is 0 Å². The molecule has 4 nitrogen and oxygen atoms in total. The second-order valence-electron chi connectivity index (χ2n) is 5.21. The third kappa shape index (κ3) is 2.22. The van der Waals surface area contributed by atoms with Crippen molar-refractivity contribution in [2.45, 2.75) is 19.8 Å². The lowest BCUT2D eigenvalue weighted by Gasteiger charge is -2.14. The van der Waals surface area contributed by atoms with Gasteiger partial charge in [0, 0.05) is 24.2 Å². The minimum absolute atomic E-state index is 0.0907. The molecular formula is C15H19FN2O2. The van der Waals surface area contributed by atoms with Gasteiger partial charge in [0.25, 0.3) is 0 Å². The van der Waals surface area contributed by atoms with E-state index in [4.69, 9.17) is 9.47 Å². The van der Waals surface area contributed by atoms with E-state index in [-0.39, 0.29) is 18.4 Å². The summed E-state index contributed by atoms with van der Waals surface area (Å²) in [6.07, 6.45) is 3.81. The fourth-order valence-electron chi connectivity index (χ4n) is 2.67. The van der Waals surface area contributed by atoms with Crippen molar-refractivity contribution in [2.24, 2.45) is 0 Å². The average molecular weight is 278 g/mol. The van der Waals surface area contributed by atoms with Crippen molar-refractivity contribution < 1.29 is 13.9 Å². The molecule has 0 aliphatic carbocycles. The van der Waals surface area contributed by atoms with Crippen LogP contribution in [0.1, 0.15) is 18.9 Å². The Bertz CT molecular complexity index is 624. The van der Waals surface area contributed by atoms with Crippen molar-refractivity contribution in [3.63, 3.8) is 0 Å². The van der Waals surface area contributed by atoms with Crippen LogP contribution in [0.4, 0.5) is 4.39 Å². The molecule has 1 aliphatic heterocycles. The first-order valence-electron chi connectivity index (χ1n) is 6.97. The molecule has 1 N–H and O–H groups in total. The number of hydrogen-bond acceptors (Lipinski definition) is 3. The molecule has 0 amide bonds. The molecule has 0 unspecified atom stereocenters. The molecule has 0 atom stereocenters. The summed E-state index contributed by atoms with van der Waals surface area (Å²) in [6.45, 7) is 4.21. The molecule has 2 aromatic rings. The predicted octanol–water partition coefficient (Wildman–Crippen LogP) is 2.92. The third-order valence-corrected chi connectivity index (χ3v) is 3.70. The lowest BCUT2D eigenvalue weighted by atomic mass is 10.1. The summed E-state index contributed by atoms with van der Waals surface area (Å²) >= 11 is 0. The van der Waals surface area contributed by atoms with E-state index in [1.54, 1.807) is 6.07 Å². The summed E-state index contributed by atoms with van der Waals surface area (Å²) in [4.78, 5) is 5.37. The SMILES string of the molecule is CCCN(C)CCc1c[nH]c2cc3c(c(F)c12)OCO3. The number of benzene rings is 1. The van der Waals surface area contributed by atoms with Crippen LogP contribution in [-0.2, 0) is 6.42 Å². The maximum Gasteiger partial charge on any atom is 0.231 e. The Morgan fingerprint density at radius 3 is 3.00 bits per heavy atom. The normalized spacial score (nSPS) is 13.6. The molecular weight excluding hydrogens is 259 g/mol. The number of ether oxygens (including phenoxy) is 2. The van der Waals surface area contributed by atoms with Gasteiger partial charge in [-0.3, -0.25) is 0 Å². The van der Waals surface area contributed by atoms with E-state index < -0.39 is 0 Å². The maximum atomic E-state index is 14.5. The van der Waals surface area contributed by atoms with Crippen molar-refractivity contribution in [1.29, 1.82) is 0 Å². The number of nitrogens with zero attached hydrogens (tertiary/aromatic N) is 1. The molecule has 1 aliphatic rings. The Morgan fingerprint density at radius 2 is 2.20 bits per heavy atom. The Hall–Kier alpha value is -1.75. The van der Waals surface area contributed by atoms with E-state index >= 15 is 0 Å². The van der Waals surface area contributed by atoms with Crippen molar-refractivity contribution in [2.75, 3.05) is 26.9 Å². The van der Waals surface area contributed by atoms with Crippen LogP contribution in [0.5, 0.6) is 11.5 Å². The van der Waals surface area contributed by atoms with Crippen LogP contribution in [0, 0.1) is 5.82 Å². The number of nitrogens with one attached hydrogen (secondary N) is 1. The number of fused-ring (bicyclic) bond motifs is 2. The largest absolute Gasteiger partial charge is 0.453 e. The number of halogens is 1. The van der Waals surface area contributed by atoms with Crippen molar-refractivity contribution in [3.05, 3.63) is 23.6 Å². The first-order valence-corrected chi connectivity index (χ1v) is 6.97. The Morgan fingerprint density at radius 1 is 1.35 bits per heavy atom. The number of aromatic amines is 1. The van der Waals surface area contributed by atoms with E-state index in [0.717, 1.165) is 37.0 Å². The zero-order valence-electron chi connectivity index (χ0n) is 11.8. The van der Waals surface area contributed by atoms with Gasteiger partial charge >= 0.3 is 0 Å². The molecule has 1 aromatic carbocycles. The van der Waals surface area contributed by atoms with E-state index in [2.05, 4.69) is 23.9 Å². The van der Waals surface area contributed by atoms with Crippen LogP contribution in [-0.4, -0.2) is 36.8 Å². The fourth-order valence-corrected chi connectivity index (χ4v) is 2.67. The molecule has 1 aromatic heterocycles. The van der Waals surface area contributed by atoms with E-state index in [9.17, 15) is 4.39 Å². The average Bonchev–Trinajstić information content (AvgIpc) is 3.04. The van der Waals surface area contributed by atoms with E-state index in [1.165, 1.54) is 0 Å². The minimum atomic E-state index is -0.315. The molecule has 0 saturated heterocycles. The molecule has 3 rings (SSSR count). The standard InChI is InChI=1S/C15H19FN2O2/c1-3-5-18(2)6-4-10-8-17-11-7-12-15(20-9-19-12)14(16)13(10)11/h7-8,17H,3-6,9H2,1-2H3. The van der Waals surface area contributed by atoms with Gasteiger partial charge in [0.05, 0.1) is 5.52 Å². The summed E-state index contributed by atoms with van der Waals surface area (Å²) in [5, 5.41) is 0.624. The van der Waals surface area contributed by atoms with Crippen LogP contribution in [0.3, 0.4) is 0 Å². The quantitative estimate of drug-likeness (QED) is 0.913. The summed E-state index contributed by atoms with van der Waals surface area (Å²) < 4.78 is 24.9. The third-order valence-electron chi connectivity index (χ3n) is 3.70. The highest BCUT2D eigenvalue weighted by Crippen LogP contribution is 2.40. The highest BCUT2D eigenvalue weighted by molar-refractivity contribution is 5.87. The number of aromatic nitrogens is 1. The summed E-state index contributed by atoms with van der Waals surface area (Å²) in [7, 11) is 2.09. The highest BCUT2D eigenvalue weighted by Gasteiger charge is 2.23. The van der Waals surface area contributed by atoms with Crippen LogP contribution in [0.15, 0.2) is 12.3 Å². The lowest BCUT2D eigenvalue weighted by Crippen LogP contribution is -2.21. The number of hydrogen-bond donors (Lipinski definition) is 1. The fraction of sp³-hybridized carbons (Fsp3) is 0.467. The van der Waals surface area contributed by atoms with Crippen molar-refractivity contribution in [1.82, 2.24) is 9.88 Å². The van der Waals surface area contributed by atoms with Gasteiger partial charge in [-0.2, -0.15) is 0 Å². The summed E-state index contributed by atoms with van der Waals surface area (Å²) in [5.74, 6) is 0.399. The zero-order chi connectivity index (χ0) is 14.1. The molecule has 0 bridgehead atoms. The van der Waals surface area contributed by atoms with Crippen molar-refractivity contribution >= 4 is 10.9 Å². The van der Waals surface area contributed by atoms with Gasteiger partial charge in [-0.25, -0.2) is 4.39 Å². The van der Waals surface area contributed by atoms with Crippen molar-refractivity contribution in [3.8, 4) is 11.5 Å². The summed E-state index contributed by atoms with van der Waals surface area (Å²) in [5.41, 5.74) is 1.75. The smallest absolute Gasteiger partial charge is 0.231 e. The molecule has 108 valence electrons. The van der Waals surface area contributed by atoms with Gasteiger partial charge in [-0.05, 0) is 32.0 Å². The Labute approximate surface area is 117 Å². The zero-order valence-corrected chi connectivity index (χ0v) is 11.8. The second kappa shape index (κ2) is 5.32. The number of likely N-dealkylation sites (N-methyl/N-ethyl adjacent to an activating group) is 1. The number of H-pyrrole nitrogens is 1. The first kappa shape index (κ1) is 13.2. The summed E-state index contributed by atoms with van der Waals surface area (Å²) in [6, 6.07) is 1.81. The molecule has 0 saturated carbocycles. The van der Waals surface area contributed by atoms with Gasteiger partial charge in [-0.1, -0.05) is 6.92 Å². The lowest BCUT2D eigenvalue weighted by molar-refractivity contribution is 0.171. The number of rotatable bonds is 5. The first-order chi connectivity index (χ1) is 9.70. The predicted molar refractivity (Wildman–Crippen MR) is 75.9 cm³/mol. The molecule has 20 heavy (non-hydrogen) atoms. The second-order valence-corrected chi connectivity index (χ2v) is 5.21. The van der Waals surface area contributed by atoms with Gasteiger partial charge in [0.15, 0.2) is 11.6 Å². The molecule has 0 fully saturated rings. The van der Waals surface area contributed by atoms with Crippen LogP contribution < -0.4 is 9.47 Å². The monoisotopic (exact) mass is 278 g/mol. The Balaban J connectivity index is 1.89. The van der Waals surface area contributed by atoms with Gasteiger partial charge in [0.1, 0.15) is 0 Å². The molecule has 0 radical (unpaired) electrons. The maximum absolute atomic E-state index is 14.5. The molecule has 2 heterocycles. The van der Waals surface area contributed by atoms with Crippen LogP contribution in [0.2, 0.25) is 0 Å². The van der Waals surface area contributed by atoms with Crippen LogP contribution >= 0.6 is 0 Å². The Kier molecular flexibility index (Phi) is 3.53. The van der Waals surface area contributed by atoms with E-state index in [1.807, 2.05) is 6.20 Å². The van der Waals surface area contributed by atoms with Gasteiger partial charge in [0.2, 0.25) is 12.5 Å². The topological polar surface area (TPSA) is 37.5 Å².